The first-order valence-corrected chi connectivity index (χ1v) is 42.3. The predicted octanol–water partition coefficient (Wildman–Crippen LogP) is 17.3. The summed E-state index contributed by atoms with van der Waals surface area (Å²) in [6.07, 6.45) is 28.8. The molecular formula is C76H102N22O7S6. The normalized spacial score (nSPS) is 15.0. The number of terminal acetylenes is 2. The first-order valence-electron chi connectivity index (χ1n) is 36.0. The number of aliphatic hydroxyl groups is 3. The molecule has 14 N–H and O–H groups in total. The molecule has 4 saturated carbocycles. The molecule has 0 aliphatic heterocycles. The molecule has 35 heteroatoms. The van der Waals surface area contributed by atoms with Gasteiger partial charge in [-0.1, -0.05) is 51.7 Å². The lowest BCUT2D eigenvalue weighted by atomic mass is 10.1. The van der Waals surface area contributed by atoms with E-state index in [9.17, 15) is 32.2 Å². The molecule has 0 spiro atoms. The molecule has 0 bridgehead atoms. The Balaban J connectivity index is 0.000000329. The number of aromatic nitrogens is 16. The summed E-state index contributed by atoms with van der Waals surface area (Å²) in [5.41, 5.74) is 6.28. The number of aromatic amines is 4. The van der Waals surface area contributed by atoms with Crippen LogP contribution in [0.3, 0.4) is 0 Å². The first kappa shape index (κ1) is 78.8. The summed E-state index contributed by atoms with van der Waals surface area (Å²) >= 11 is 5.11. The van der Waals surface area contributed by atoms with Crippen LogP contribution in [0.25, 0.3) is 48.9 Å². The minimum atomic E-state index is -3.74. The molecule has 29 nitrogen and oxygen atoms in total. The van der Waals surface area contributed by atoms with Crippen LogP contribution >= 0.6 is 45.3 Å². The maximum Gasteiger partial charge on any atom is 0.250 e. The third kappa shape index (κ3) is 20.3. The molecule has 12 heterocycles. The molecule has 4 aliphatic carbocycles. The molecule has 4 fully saturated rings. The van der Waals surface area contributed by atoms with Crippen LogP contribution < -0.4 is 31.1 Å². The van der Waals surface area contributed by atoms with Gasteiger partial charge in [-0.25, -0.2) is 66.6 Å². The highest BCUT2D eigenvalue weighted by molar-refractivity contribution is 7.92. The van der Waals surface area contributed by atoms with Gasteiger partial charge in [0.15, 0.2) is 58.2 Å². The van der Waals surface area contributed by atoms with Gasteiger partial charge in [0.25, 0.3) is 10.0 Å². The second-order valence-electron chi connectivity index (χ2n) is 28.5. The lowest BCUT2D eigenvalue weighted by Gasteiger charge is -2.19. The van der Waals surface area contributed by atoms with Gasteiger partial charge in [-0.3, -0.25) is 20.4 Å². The first-order chi connectivity index (χ1) is 53.2. The van der Waals surface area contributed by atoms with Gasteiger partial charge in [-0.2, -0.15) is 20.4 Å². The van der Waals surface area contributed by atoms with Gasteiger partial charge in [0.1, 0.15) is 20.1 Å². The quantitative estimate of drug-likeness (QED) is 0.0224. The van der Waals surface area contributed by atoms with Gasteiger partial charge >= 0.3 is 0 Å². The number of aliphatic hydroxyl groups excluding tert-OH is 3. The number of anilines is 8. The van der Waals surface area contributed by atoms with Crippen molar-refractivity contribution in [3.63, 3.8) is 0 Å². The Labute approximate surface area is 671 Å². The summed E-state index contributed by atoms with van der Waals surface area (Å²) in [7, 11) is -7.39. The van der Waals surface area contributed by atoms with Crippen LogP contribution in [-0.4, -0.2) is 118 Å². The van der Waals surface area contributed by atoms with Crippen molar-refractivity contribution in [3.05, 3.63) is 159 Å². The van der Waals surface area contributed by atoms with Gasteiger partial charge in [0.2, 0.25) is 10.0 Å². The van der Waals surface area contributed by atoms with Crippen molar-refractivity contribution < 1.29 is 45.0 Å². The molecular weight excluding hydrogens is 1530 g/mol. The fourth-order valence-electron chi connectivity index (χ4n) is 11.2. The maximum absolute atomic E-state index is 12.6. The van der Waals surface area contributed by atoms with E-state index in [2.05, 4.69) is 132 Å². The van der Waals surface area contributed by atoms with E-state index in [0.29, 0.717) is 126 Å². The van der Waals surface area contributed by atoms with Crippen molar-refractivity contribution in [2.24, 2.45) is 11.1 Å². The molecule has 0 saturated heterocycles. The van der Waals surface area contributed by atoms with Crippen LogP contribution in [0.5, 0.6) is 0 Å². The fraction of sp³-hybridized carbons (Fsp3) is 0.342. The number of nitrogens with one attached hydrogen (secondary N) is 9. The van der Waals surface area contributed by atoms with E-state index in [1.807, 2.05) is 62.4 Å². The largest absolute Gasteiger partial charge is 0.389 e. The van der Waals surface area contributed by atoms with Crippen LogP contribution in [-0.2, 0) is 20.0 Å². The highest BCUT2D eigenvalue weighted by Gasteiger charge is 2.31. The van der Waals surface area contributed by atoms with Crippen LogP contribution in [0.15, 0.2) is 113 Å². The number of H-pyrrole nitrogens is 4. The van der Waals surface area contributed by atoms with E-state index in [1.165, 1.54) is 67.3 Å². The molecule has 0 radical (unpaired) electrons. The number of thiophene rings is 4. The summed E-state index contributed by atoms with van der Waals surface area (Å²) in [6.45, 7) is 16.8. The Morgan fingerprint density at radius 1 is 0.559 bits per heavy atom. The zero-order valence-electron chi connectivity index (χ0n) is 61.7. The molecule has 16 rings (SSSR count). The van der Waals surface area contributed by atoms with Crippen LogP contribution in [0.1, 0.15) is 222 Å². The predicted molar refractivity (Wildman–Crippen MR) is 453 cm³/mol. The Bertz CT molecular complexity index is 5660. The van der Waals surface area contributed by atoms with Gasteiger partial charge in [-0.05, 0) is 140 Å². The Kier molecular flexibility index (Phi) is 24.0. The van der Waals surface area contributed by atoms with E-state index in [1.54, 1.807) is 76.8 Å². The summed E-state index contributed by atoms with van der Waals surface area (Å²) in [5, 5.41) is 77.8. The third-order valence-electron chi connectivity index (χ3n) is 17.7. The smallest absolute Gasteiger partial charge is 0.250 e. The average Bonchev–Trinajstić information content (AvgIpc) is 1.62. The van der Waals surface area contributed by atoms with E-state index in [0.717, 1.165) is 90.6 Å². The standard InChI is InChI=1S/C20H26N6O3S2.2C20H21N5OS.C16H16N6O2S2.9H2/c1-11(27)13-10-21-19(15-7-8-17(30-15)31(28,29)26-20(2,3)4)23-18(13)22-16-9-14(24-25-16)12-5-6-12;1-4-12-10-21-20(16-8-7-15(27-16)18(26)11(2)3)23-19(12)22-17-9-14(24-25-17)13-5-6-13;1-3-5-15(26)16-8-9-17(27-16)20-21-11-12(4-2)19(23-20)22-18-10-14(24-25-18)13-6-7-13;1-2-9-8-18-16(12-5-6-14(25-12)26(17,23)24)20-15(9)19-13-7-11(21-22-13)10-3-4-10;;;;;;;;;/h7-12,26-27H,5-6H2,1-4H3,(H2,21,22,23,24,25);1,7-11,13,18,26H,5-6H2,2-3H3,(H2,21,22,23,24,25);2,8-11,13,15,26H,3,5-7H2,1H3,(H2,21,22,23,24,25);2,5-8,10H,1,3-4H2,(H2,17,23,24)(H2,18,19,20,21,22);9*1H/t;18-;15-;;;;;;;;;;/m.00........../s1. The van der Waals surface area contributed by atoms with Gasteiger partial charge in [0.05, 0.1) is 48.9 Å². The maximum atomic E-state index is 12.6. The average molecular weight is 1630 g/mol. The summed E-state index contributed by atoms with van der Waals surface area (Å²) in [5.74, 6) is 14.3. The van der Waals surface area contributed by atoms with Crippen molar-refractivity contribution in [1.29, 1.82) is 0 Å². The van der Waals surface area contributed by atoms with Crippen molar-refractivity contribution in [2.75, 3.05) is 21.3 Å². The molecule has 1 unspecified atom stereocenters. The molecule has 0 aromatic carbocycles. The number of primary sulfonamides is 1. The monoisotopic (exact) mass is 1630 g/mol. The number of rotatable bonds is 26. The van der Waals surface area contributed by atoms with Gasteiger partial charge in [0, 0.05) is 135 Å². The molecule has 4 aliphatic rings. The number of nitrogens with two attached hydrogens (primary N) is 1. The summed E-state index contributed by atoms with van der Waals surface area (Å²) in [4.78, 5) is 40.5. The zero-order chi connectivity index (χ0) is 78.5. The molecule has 0 amide bonds. The molecule has 3 atom stereocenters. The van der Waals surface area contributed by atoms with E-state index >= 15 is 0 Å². The van der Waals surface area contributed by atoms with Crippen LogP contribution in [0.4, 0.5) is 46.5 Å². The third-order valence-corrected chi connectivity index (χ3v) is 25.9. The number of hydrogen-bond donors (Lipinski definition) is 13. The number of hydrogen-bond acceptors (Lipinski definition) is 27. The minimum Gasteiger partial charge on any atom is -0.389 e. The highest BCUT2D eigenvalue weighted by atomic mass is 32.3. The van der Waals surface area contributed by atoms with E-state index in [-0.39, 0.29) is 27.2 Å². The lowest BCUT2D eigenvalue weighted by Crippen LogP contribution is -2.40. The van der Waals surface area contributed by atoms with E-state index < -0.39 is 43.9 Å². The van der Waals surface area contributed by atoms with Crippen molar-refractivity contribution in [2.45, 2.75) is 169 Å². The fourth-order valence-corrected chi connectivity index (χ4v) is 17.7. The lowest BCUT2D eigenvalue weighted by molar-refractivity contribution is 0.130. The SMILES string of the molecule is C#Cc1cnc(-c2ccc([C@@H](O)C(C)C)s2)nc1Nc1cc(C2CC2)[nH]n1.C#Cc1cnc(-c2ccc([C@@H](O)CCC)s2)nc1Nc1cc(C2CC2)[nH]n1.C=Cc1cnc(-c2ccc(S(N)(=O)=O)s2)nc1Nc1cc(C2CC2)[nH]n1.CC(O)c1cnc(-c2ccc(S(=O)(=O)NC(C)(C)C)s2)nc1Nc1cc(C2CC2)[nH]n1.[HH].[HH].[HH].[HH].[HH].[HH].[HH].[HH].[HH]. The Morgan fingerprint density at radius 2 is 0.937 bits per heavy atom. The number of nitrogens with zero attached hydrogens (tertiary/aromatic N) is 12. The van der Waals surface area contributed by atoms with Crippen LogP contribution in [0.2, 0.25) is 0 Å². The number of sulfonamides is 2. The highest BCUT2D eigenvalue weighted by Crippen LogP contribution is 2.44. The zero-order valence-corrected chi connectivity index (χ0v) is 66.6. The van der Waals surface area contributed by atoms with Crippen LogP contribution in [0, 0.1) is 30.6 Å². The minimum absolute atomic E-state index is 0. The summed E-state index contributed by atoms with van der Waals surface area (Å²) < 4.78 is 51.0. The van der Waals surface area contributed by atoms with E-state index in [4.69, 9.17) is 18.0 Å². The Hall–Kier alpha value is -10.3. The molecule has 12 aromatic rings. The Morgan fingerprint density at radius 3 is 1.34 bits per heavy atom. The molecule has 12 aromatic heterocycles. The van der Waals surface area contributed by atoms with Crippen molar-refractivity contribution in [3.8, 4) is 67.5 Å². The molecule has 111 heavy (non-hydrogen) atoms. The topological polar surface area (TPSA) is 433 Å². The van der Waals surface area contributed by atoms with Gasteiger partial charge in [-0.15, -0.1) is 58.2 Å². The van der Waals surface area contributed by atoms with Gasteiger partial charge < -0.3 is 36.6 Å². The van der Waals surface area contributed by atoms with Crippen molar-refractivity contribution in [1.82, 2.24) is 85.4 Å². The summed E-state index contributed by atoms with van der Waals surface area (Å²) in [6, 6.07) is 22.0. The second kappa shape index (κ2) is 33.7. The second-order valence-corrected chi connectivity index (χ2v) is 36.6. The molecule has 594 valence electrons. The van der Waals surface area contributed by atoms with Crippen molar-refractivity contribution >= 4 is 118 Å².